The minimum Gasteiger partial charge on any atom is -0.497 e. The molecule has 0 unspecified atom stereocenters. The second-order valence-electron chi connectivity index (χ2n) is 5.20. The molecule has 2 N–H and O–H groups in total. The molecule has 0 aliphatic rings. The fourth-order valence-electron chi connectivity index (χ4n) is 2.20. The summed E-state index contributed by atoms with van der Waals surface area (Å²) >= 11 is 0. The van der Waals surface area contributed by atoms with Gasteiger partial charge in [0.1, 0.15) is 5.75 Å². The van der Waals surface area contributed by atoms with Gasteiger partial charge in [-0.2, -0.15) is 0 Å². The Hall–Kier alpha value is -3.08. The lowest BCUT2D eigenvalue weighted by molar-refractivity contribution is 0.415. The largest absolute Gasteiger partial charge is 0.497 e. The van der Waals surface area contributed by atoms with Crippen LogP contribution in [0.4, 0.5) is 11.6 Å². The third kappa shape index (κ3) is 3.58. The number of aromatic nitrogens is 2. The number of rotatable bonds is 4. The van der Waals surface area contributed by atoms with E-state index in [4.69, 9.17) is 4.74 Å². The van der Waals surface area contributed by atoms with E-state index in [0.717, 1.165) is 22.6 Å². The number of ether oxygens (including phenoxy) is 1. The number of hydrogen-bond donors (Lipinski definition) is 2. The zero-order valence-corrected chi connectivity index (χ0v) is 13.0. The number of H-pyrrole nitrogens is 1. The van der Waals surface area contributed by atoms with Crippen LogP contribution in [0.25, 0.3) is 11.3 Å². The molecule has 0 radical (unpaired) electrons. The minimum atomic E-state index is -0.202. The first-order valence-corrected chi connectivity index (χ1v) is 7.23. The molecule has 0 atom stereocenters. The highest BCUT2D eigenvalue weighted by molar-refractivity contribution is 5.62. The second kappa shape index (κ2) is 6.36. The Labute approximate surface area is 134 Å². The van der Waals surface area contributed by atoms with Crippen molar-refractivity contribution in [3.63, 3.8) is 0 Å². The number of methoxy groups -OCH3 is 1. The van der Waals surface area contributed by atoms with Crippen LogP contribution in [0.3, 0.4) is 0 Å². The summed E-state index contributed by atoms with van der Waals surface area (Å²) in [4.78, 5) is 19.1. The first kappa shape index (κ1) is 14.8. The molecule has 0 fully saturated rings. The lowest BCUT2D eigenvalue weighted by Crippen LogP contribution is -2.10. The van der Waals surface area contributed by atoms with E-state index in [1.165, 1.54) is 6.07 Å². The molecule has 0 amide bonds. The Morgan fingerprint density at radius 2 is 1.74 bits per heavy atom. The van der Waals surface area contributed by atoms with Crippen LogP contribution in [-0.2, 0) is 0 Å². The van der Waals surface area contributed by atoms with Crippen LogP contribution >= 0.6 is 0 Å². The smallest absolute Gasteiger partial charge is 0.252 e. The summed E-state index contributed by atoms with van der Waals surface area (Å²) in [5, 5.41) is 3.10. The fourth-order valence-corrected chi connectivity index (χ4v) is 2.20. The average Bonchev–Trinajstić information content (AvgIpc) is 2.56. The Morgan fingerprint density at radius 1 is 1.04 bits per heavy atom. The summed E-state index contributed by atoms with van der Waals surface area (Å²) in [6.07, 6.45) is 0. The van der Waals surface area contributed by atoms with E-state index in [1.807, 2.05) is 55.5 Å². The van der Waals surface area contributed by atoms with Crippen LogP contribution in [0.2, 0.25) is 0 Å². The molecule has 2 aromatic carbocycles. The Morgan fingerprint density at radius 3 is 2.39 bits per heavy atom. The van der Waals surface area contributed by atoms with Gasteiger partial charge in [0.05, 0.1) is 12.8 Å². The average molecular weight is 307 g/mol. The van der Waals surface area contributed by atoms with E-state index in [2.05, 4.69) is 15.3 Å². The van der Waals surface area contributed by atoms with Gasteiger partial charge in [0.25, 0.3) is 5.56 Å². The van der Waals surface area contributed by atoms with E-state index in [0.29, 0.717) is 11.6 Å². The third-order valence-electron chi connectivity index (χ3n) is 3.44. The van der Waals surface area contributed by atoms with Crippen molar-refractivity contribution in [2.24, 2.45) is 0 Å². The van der Waals surface area contributed by atoms with Crippen LogP contribution in [0, 0.1) is 6.92 Å². The number of nitrogens with zero attached hydrogens (tertiary/aromatic N) is 1. The maximum Gasteiger partial charge on any atom is 0.252 e. The molecule has 1 aromatic heterocycles. The van der Waals surface area contributed by atoms with Crippen LogP contribution in [-0.4, -0.2) is 17.1 Å². The van der Waals surface area contributed by atoms with Crippen molar-refractivity contribution in [1.82, 2.24) is 9.97 Å². The third-order valence-corrected chi connectivity index (χ3v) is 3.44. The summed E-state index contributed by atoms with van der Waals surface area (Å²) in [6, 6.07) is 16.8. The molecule has 0 spiro atoms. The molecule has 1 heterocycles. The predicted octanol–water partition coefficient (Wildman–Crippen LogP) is 3.50. The number of aromatic amines is 1. The van der Waals surface area contributed by atoms with Gasteiger partial charge in [-0.1, -0.05) is 29.8 Å². The Bertz CT molecular complexity index is 853. The highest BCUT2D eigenvalue weighted by atomic mass is 16.5. The molecule has 5 heteroatoms. The zero-order valence-electron chi connectivity index (χ0n) is 13.0. The molecule has 0 bridgehead atoms. The summed E-state index contributed by atoms with van der Waals surface area (Å²) in [5.74, 6) is 1.17. The lowest BCUT2D eigenvalue weighted by atomic mass is 10.1. The monoisotopic (exact) mass is 307 g/mol. The van der Waals surface area contributed by atoms with Crippen LogP contribution in [0.5, 0.6) is 5.75 Å². The Balaban J connectivity index is 1.90. The number of hydrogen-bond acceptors (Lipinski definition) is 4. The van der Waals surface area contributed by atoms with Crippen LogP contribution < -0.4 is 15.6 Å². The van der Waals surface area contributed by atoms with Gasteiger partial charge in [-0.15, -0.1) is 0 Å². The first-order chi connectivity index (χ1) is 11.1. The van der Waals surface area contributed by atoms with Crippen molar-refractivity contribution in [3.8, 4) is 17.0 Å². The highest BCUT2D eigenvalue weighted by Crippen LogP contribution is 2.20. The molecule has 0 aliphatic heterocycles. The van der Waals surface area contributed by atoms with E-state index in [1.54, 1.807) is 7.11 Å². The van der Waals surface area contributed by atoms with Gasteiger partial charge in [0.15, 0.2) is 0 Å². The van der Waals surface area contributed by atoms with Crippen molar-refractivity contribution in [2.45, 2.75) is 6.92 Å². The molecular formula is C18H17N3O2. The van der Waals surface area contributed by atoms with Crippen molar-refractivity contribution in [3.05, 3.63) is 70.5 Å². The van der Waals surface area contributed by atoms with E-state index in [-0.39, 0.29) is 5.56 Å². The number of benzene rings is 2. The van der Waals surface area contributed by atoms with Gasteiger partial charge >= 0.3 is 0 Å². The van der Waals surface area contributed by atoms with Gasteiger partial charge in [0.2, 0.25) is 5.95 Å². The normalized spacial score (nSPS) is 10.3. The van der Waals surface area contributed by atoms with E-state index in [9.17, 15) is 4.79 Å². The second-order valence-corrected chi connectivity index (χ2v) is 5.20. The SMILES string of the molecule is COc1ccc(Nc2nc(-c3ccc(C)cc3)cc(=O)[nH]2)cc1. The molecule has 116 valence electrons. The summed E-state index contributed by atoms with van der Waals surface area (Å²) in [5.41, 5.74) is 3.31. The molecule has 23 heavy (non-hydrogen) atoms. The molecule has 0 saturated carbocycles. The van der Waals surface area contributed by atoms with Gasteiger partial charge in [-0.3, -0.25) is 9.78 Å². The molecule has 3 aromatic rings. The van der Waals surface area contributed by atoms with Crippen molar-refractivity contribution in [2.75, 3.05) is 12.4 Å². The highest BCUT2D eigenvalue weighted by Gasteiger charge is 2.05. The minimum absolute atomic E-state index is 0.202. The van der Waals surface area contributed by atoms with Gasteiger partial charge in [0, 0.05) is 17.3 Å². The summed E-state index contributed by atoms with van der Waals surface area (Å²) < 4.78 is 5.12. The number of aryl methyl sites for hydroxylation is 1. The van der Waals surface area contributed by atoms with Crippen LogP contribution in [0.15, 0.2) is 59.4 Å². The van der Waals surface area contributed by atoms with Gasteiger partial charge in [-0.25, -0.2) is 4.98 Å². The first-order valence-electron chi connectivity index (χ1n) is 7.23. The van der Waals surface area contributed by atoms with Crippen molar-refractivity contribution >= 4 is 11.6 Å². The fraction of sp³-hybridized carbons (Fsp3) is 0.111. The predicted molar refractivity (Wildman–Crippen MR) is 91.3 cm³/mol. The van der Waals surface area contributed by atoms with E-state index >= 15 is 0 Å². The summed E-state index contributed by atoms with van der Waals surface area (Å²) in [7, 11) is 1.62. The molecule has 0 saturated heterocycles. The topological polar surface area (TPSA) is 67.0 Å². The lowest BCUT2D eigenvalue weighted by Gasteiger charge is -2.08. The van der Waals surface area contributed by atoms with Gasteiger partial charge < -0.3 is 10.1 Å². The Kier molecular flexibility index (Phi) is 4.10. The number of nitrogens with one attached hydrogen (secondary N) is 2. The molecule has 5 nitrogen and oxygen atoms in total. The zero-order chi connectivity index (χ0) is 16.2. The molecular weight excluding hydrogens is 290 g/mol. The molecule has 3 rings (SSSR count). The van der Waals surface area contributed by atoms with Crippen molar-refractivity contribution in [1.29, 1.82) is 0 Å². The van der Waals surface area contributed by atoms with Crippen LogP contribution in [0.1, 0.15) is 5.56 Å². The molecule has 0 aliphatic carbocycles. The maximum absolute atomic E-state index is 11.9. The quantitative estimate of drug-likeness (QED) is 0.774. The summed E-state index contributed by atoms with van der Waals surface area (Å²) in [6.45, 7) is 2.02. The van der Waals surface area contributed by atoms with Gasteiger partial charge in [-0.05, 0) is 31.2 Å². The maximum atomic E-state index is 11.9. The number of anilines is 2. The van der Waals surface area contributed by atoms with E-state index < -0.39 is 0 Å². The standard InChI is InChI=1S/C18H17N3O2/c1-12-3-5-13(6-4-12)16-11-17(22)21-18(20-16)19-14-7-9-15(23-2)10-8-14/h3-11H,1-2H3,(H2,19,20,21,22). The van der Waals surface area contributed by atoms with Crippen molar-refractivity contribution < 1.29 is 4.74 Å².